The molecule has 3 nitrogen and oxygen atoms in total. The molecule has 0 aliphatic carbocycles. The van der Waals surface area contributed by atoms with Gasteiger partial charge in [-0.2, -0.15) is 0 Å². The standard InChI is InChI=1S/C11H11ClFIN2O/c12-8-4-9(13)10(14)3-7(8)11(17)16-2-1-6(15)5-16/h3-4,6H,1-2,5,15H2. The second-order valence-corrected chi connectivity index (χ2v) is 5.62. The average Bonchev–Trinajstić information content (AvgIpc) is 2.69. The zero-order chi connectivity index (χ0) is 12.6. The molecular weight excluding hydrogens is 357 g/mol. The van der Waals surface area contributed by atoms with Crippen LogP contribution >= 0.6 is 34.2 Å². The van der Waals surface area contributed by atoms with Crippen molar-refractivity contribution in [1.29, 1.82) is 0 Å². The highest BCUT2D eigenvalue weighted by molar-refractivity contribution is 14.1. The summed E-state index contributed by atoms with van der Waals surface area (Å²) in [6.45, 7) is 1.16. The van der Waals surface area contributed by atoms with Crippen molar-refractivity contribution in [3.8, 4) is 0 Å². The molecule has 1 atom stereocenters. The highest BCUT2D eigenvalue weighted by atomic mass is 127. The van der Waals surface area contributed by atoms with Gasteiger partial charge in [-0.1, -0.05) is 11.6 Å². The molecule has 0 radical (unpaired) electrons. The van der Waals surface area contributed by atoms with Crippen LogP contribution in [-0.2, 0) is 0 Å². The highest BCUT2D eigenvalue weighted by Gasteiger charge is 2.26. The van der Waals surface area contributed by atoms with Crippen molar-refractivity contribution in [3.63, 3.8) is 0 Å². The Morgan fingerprint density at radius 2 is 2.29 bits per heavy atom. The first-order chi connectivity index (χ1) is 7.99. The maximum absolute atomic E-state index is 13.2. The van der Waals surface area contributed by atoms with E-state index in [0.29, 0.717) is 22.2 Å². The van der Waals surface area contributed by atoms with E-state index in [1.54, 1.807) is 4.90 Å². The molecule has 1 aliphatic rings. The third-order valence-electron chi connectivity index (χ3n) is 2.75. The molecule has 1 saturated heterocycles. The normalized spacial score (nSPS) is 19.8. The summed E-state index contributed by atoms with van der Waals surface area (Å²) in [5.74, 6) is -0.592. The van der Waals surface area contributed by atoms with Crippen LogP contribution in [0.15, 0.2) is 12.1 Å². The van der Waals surface area contributed by atoms with Gasteiger partial charge in [-0.15, -0.1) is 0 Å². The lowest BCUT2D eigenvalue weighted by Gasteiger charge is -2.16. The summed E-state index contributed by atoms with van der Waals surface area (Å²) in [7, 11) is 0. The number of carbonyl (C=O) groups is 1. The maximum atomic E-state index is 13.2. The number of benzene rings is 1. The molecule has 0 spiro atoms. The molecule has 1 amide bonds. The van der Waals surface area contributed by atoms with Crippen LogP contribution in [-0.4, -0.2) is 29.9 Å². The Bertz CT molecular complexity index is 469. The van der Waals surface area contributed by atoms with Gasteiger partial charge in [-0.3, -0.25) is 4.79 Å². The smallest absolute Gasteiger partial charge is 0.255 e. The van der Waals surface area contributed by atoms with E-state index in [1.807, 2.05) is 22.6 Å². The largest absolute Gasteiger partial charge is 0.337 e. The molecule has 1 unspecified atom stereocenters. The number of nitrogens with two attached hydrogens (primary N) is 1. The second-order valence-electron chi connectivity index (χ2n) is 4.05. The summed E-state index contributed by atoms with van der Waals surface area (Å²) >= 11 is 7.73. The summed E-state index contributed by atoms with van der Waals surface area (Å²) in [4.78, 5) is 13.8. The molecule has 2 N–H and O–H groups in total. The first-order valence-corrected chi connectivity index (χ1v) is 6.64. The lowest BCUT2D eigenvalue weighted by molar-refractivity contribution is 0.0791. The van der Waals surface area contributed by atoms with Gasteiger partial charge in [-0.05, 0) is 41.1 Å². The topological polar surface area (TPSA) is 46.3 Å². The average molecular weight is 369 g/mol. The van der Waals surface area contributed by atoms with Gasteiger partial charge in [0.1, 0.15) is 5.82 Å². The summed E-state index contributed by atoms with van der Waals surface area (Å²) < 4.78 is 13.6. The number of hydrogen-bond acceptors (Lipinski definition) is 2. The minimum Gasteiger partial charge on any atom is -0.337 e. The van der Waals surface area contributed by atoms with Crippen molar-refractivity contribution in [2.24, 2.45) is 5.73 Å². The zero-order valence-corrected chi connectivity index (χ0v) is 11.8. The first-order valence-electron chi connectivity index (χ1n) is 5.18. The van der Waals surface area contributed by atoms with Crippen LogP contribution in [0.4, 0.5) is 4.39 Å². The molecule has 92 valence electrons. The monoisotopic (exact) mass is 368 g/mol. The first kappa shape index (κ1) is 13.0. The molecule has 1 aromatic carbocycles. The van der Waals surface area contributed by atoms with Crippen LogP contribution in [0.3, 0.4) is 0 Å². The lowest BCUT2D eigenvalue weighted by Crippen LogP contribution is -2.32. The van der Waals surface area contributed by atoms with Crippen LogP contribution in [0.2, 0.25) is 5.02 Å². The van der Waals surface area contributed by atoms with E-state index in [1.165, 1.54) is 12.1 Å². The van der Waals surface area contributed by atoms with E-state index < -0.39 is 5.82 Å². The second kappa shape index (κ2) is 5.07. The number of halogens is 3. The van der Waals surface area contributed by atoms with Crippen molar-refractivity contribution >= 4 is 40.1 Å². The molecule has 0 aromatic heterocycles. The van der Waals surface area contributed by atoms with E-state index in [-0.39, 0.29) is 17.0 Å². The Hall–Kier alpha value is -0.400. The van der Waals surface area contributed by atoms with Gasteiger partial charge in [0.2, 0.25) is 0 Å². The quantitative estimate of drug-likeness (QED) is 0.610. The molecule has 0 bridgehead atoms. The van der Waals surface area contributed by atoms with Gasteiger partial charge in [0, 0.05) is 22.7 Å². The van der Waals surface area contributed by atoms with Crippen molar-refractivity contribution in [1.82, 2.24) is 4.90 Å². The predicted molar refractivity (Wildman–Crippen MR) is 72.6 cm³/mol. The number of rotatable bonds is 1. The molecule has 6 heteroatoms. The molecule has 0 saturated carbocycles. The summed E-state index contributed by atoms with van der Waals surface area (Å²) in [6.07, 6.45) is 0.793. The van der Waals surface area contributed by atoms with E-state index in [0.717, 1.165) is 6.42 Å². The third kappa shape index (κ3) is 2.71. The molecule has 1 aromatic rings. The summed E-state index contributed by atoms with van der Waals surface area (Å²) in [5.41, 5.74) is 6.08. The Kier molecular flexibility index (Phi) is 3.89. The van der Waals surface area contributed by atoms with Crippen LogP contribution in [0.25, 0.3) is 0 Å². The number of carbonyl (C=O) groups excluding carboxylic acids is 1. The SMILES string of the molecule is NC1CCN(C(=O)c2cc(I)c(F)cc2Cl)C1. The fourth-order valence-electron chi connectivity index (χ4n) is 1.83. The van der Waals surface area contributed by atoms with Gasteiger partial charge >= 0.3 is 0 Å². The number of nitrogens with zero attached hydrogens (tertiary/aromatic N) is 1. The lowest BCUT2D eigenvalue weighted by atomic mass is 10.2. The van der Waals surface area contributed by atoms with E-state index >= 15 is 0 Å². The van der Waals surface area contributed by atoms with E-state index in [4.69, 9.17) is 17.3 Å². The maximum Gasteiger partial charge on any atom is 0.255 e. The van der Waals surface area contributed by atoms with Crippen molar-refractivity contribution in [3.05, 3.63) is 32.1 Å². The molecule has 1 aliphatic heterocycles. The van der Waals surface area contributed by atoms with E-state index in [2.05, 4.69) is 0 Å². The Balaban J connectivity index is 2.28. The van der Waals surface area contributed by atoms with Gasteiger partial charge in [0.05, 0.1) is 10.6 Å². The fourth-order valence-corrected chi connectivity index (χ4v) is 2.53. The van der Waals surface area contributed by atoms with Crippen LogP contribution in [0.5, 0.6) is 0 Å². The highest BCUT2D eigenvalue weighted by Crippen LogP contribution is 2.24. The zero-order valence-electron chi connectivity index (χ0n) is 8.92. The van der Waals surface area contributed by atoms with Gasteiger partial charge < -0.3 is 10.6 Å². The number of amides is 1. The van der Waals surface area contributed by atoms with Crippen LogP contribution in [0, 0.1) is 9.39 Å². The fraction of sp³-hybridized carbons (Fsp3) is 0.364. The van der Waals surface area contributed by atoms with Gasteiger partial charge in [0.25, 0.3) is 5.91 Å². The predicted octanol–water partition coefficient (Wildman–Crippen LogP) is 2.26. The molecule has 17 heavy (non-hydrogen) atoms. The van der Waals surface area contributed by atoms with Crippen LogP contribution < -0.4 is 5.73 Å². The molecule has 1 heterocycles. The third-order valence-corrected chi connectivity index (χ3v) is 3.89. The molecule has 2 rings (SSSR count). The molecular formula is C11H11ClFIN2O. The Morgan fingerprint density at radius 1 is 1.59 bits per heavy atom. The Labute approximate surface area is 117 Å². The van der Waals surface area contributed by atoms with Gasteiger partial charge in [0.15, 0.2) is 0 Å². The number of hydrogen-bond donors (Lipinski definition) is 1. The minimum atomic E-state index is -0.412. The van der Waals surface area contributed by atoms with Crippen molar-refractivity contribution < 1.29 is 9.18 Å². The Morgan fingerprint density at radius 3 is 2.88 bits per heavy atom. The van der Waals surface area contributed by atoms with Crippen molar-refractivity contribution in [2.45, 2.75) is 12.5 Å². The summed E-state index contributed by atoms with van der Waals surface area (Å²) in [6, 6.07) is 2.67. The van der Waals surface area contributed by atoms with E-state index in [9.17, 15) is 9.18 Å². The summed E-state index contributed by atoms with van der Waals surface area (Å²) in [5, 5.41) is 0.147. The van der Waals surface area contributed by atoms with Crippen LogP contribution in [0.1, 0.15) is 16.8 Å². The minimum absolute atomic E-state index is 0.0252. The molecule has 1 fully saturated rings. The number of likely N-dealkylation sites (tertiary alicyclic amines) is 1. The van der Waals surface area contributed by atoms with Gasteiger partial charge in [-0.25, -0.2) is 4.39 Å². The van der Waals surface area contributed by atoms with Crippen molar-refractivity contribution in [2.75, 3.05) is 13.1 Å².